The smallest absolute Gasteiger partial charge is 0.324 e. The number of hydrogen-bond donors (Lipinski definition) is 1. The predicted molar refractivity (Wildman–Crippen MR) is 115 cm³/mol. The van der Waals surface area contributed by atoms with Gasteiger partial charge in [0.1, 0.15) is 12.6 Å². The Bertz CT molecular complexity index is 938. The molecule has 1 aliphatic rings. The summed E-state index contributed by atoms with van der Waals surface area (Å²) in [7, 11) is 0. The molecule has 3 aromatic rings. The van der Waals surface area contributed by atoms with Gasteiger partial charge in [0.15, 0.2) is 0 Å². The lowest BCUT2D eigenvalue weighted by atomic mass is 10.1. The maximum Gasteiger partial charge on any atom is 0.324 e. The third-order valence-electron chi connectivity index (χ3n) is 5.25. The molecular formula is C23H26N2O2S. The number of aryl methyl sites for hydroxylation is 1. The average molecular weight is 395 g/mol. The Morgan fingerprint density at radius 3 is 2.79 bits per heavy atom. The first-order chi connectivity index (χ1) is 13.7. The van der Waals surface area contributed by atoms with Gasteiger partial charge in [-0.25, -0.2) is 0 Å². The highest BCUT2D eigenvalue weighted by Gasteiger charge is 2.27. The Kier molecular flexibility index (Phi) is 6.05. The third kappa shape index (κ3) is 4.27. The van der Waals surface area contributed by atoms with Crippen LogP contribution >= 0.6 is 11.3 Å². The number of carbonyl (C=O) groups excluding carboxylic acids is 1. The first-order valence-corrected chi connectivity index (χ1v) is 10.7. The molecule has 1 saturated heterocycles. The van der Waals surface area contributed by atoms with Crippen LogP contribution in [-0.4, -0.2) is 36.5 Å². The molecule has 28 heavy (non-hydrogen) atoms. The monoisotopic (exact) mass is 394 g/mol. The van der Waals surface area contributed by atoms with E-state index < -0.39 is 0 Å². The van der Waals surface area contributed by atoms with Crippen LogP contribution in [0.25, 0.3) is 10.1 Å². The Morgan fingerprint density at radius 1 is 1.18 bits per heavy atom. The average Bonchev–Trinajstić information content (AvgIpc) is 3.10. The van der Waals surface area contributed by atoms with E-state index in [4.69, 9.17) is 4.74 Å². The maximum atomic E-state index is 12.5. The van der Waals surface area contributed by atoms with E-state index in [1.165, 1.54) is 20.5 Å². The summed E-state index contributed by atoms with van der Waals surface area (Å²) < 4.78 is 6.89. The SMILES string of the molecule is CCc1sc2ccccc2c1CN1CCNC(C(=O)OCc2ccccc2)C1. The van der Waals surface area contributed by atoms with Gasteiger partial charge in [-0.2, -0.15) is 0 Å². The summed E-state index contributed by atoms with van der Waals surface area (Å²) in [6, 6.07) is 18.2. The molecule has 0 saturated carbocycles. The van der Waals surface area contributed by atoms with Crippen LogP contribution in [0.3, 0.4) is 0 Å². The van der Waals surface area contributed by atoms with Crippen molar-refractivity contribution in [2.45, 2.75) is 32.5 Å². The highest BCUT2D eigenvalue weighted by atomic mass is 32.1. The number of rotatable bonds is 6. The number of nitrogens with zero attached hydrogens (tertiary/aromatic N) is 1. The highest BCUT2D eigenvalue weighted by molar-refractivity contribution is 7.19. The van der Waals surface area contributed by atoms with Crippen LogP contribution in [0.1, 0.15) is 22.9 Å². The first kappa shape index (κ1) is 19.1. The van der Waals surface area contributed by atoms with Crippen molar-refractivity contribution in [1.29, 1.82) is 0 Å². The van der Waals surface area contributed by atoms with Crippen molar-refractivity contribution in [3.63, 3.8) is 0 Å². The van der Waals surface area contributed by atoms with Crippen LogP contribution in [0.15, 0.2) is 54.6 Å². The summed E-state index contributed by atoms with van der Waals surface area (Å²) in [5.74, 6) is -0.167. The van der Waals surface area contributed by atoms with Crippen molar-refractivity contribution in [2.75, 3.05) is 19.6 Å². The van der Waals surface area contributed by atoms with Gasteiger partial charge in [0.05, 0.1) is 0 Å². The molecule has 0 aliphatic carbocycles. The first-order valence-electron chi connectivity index (χ1n) is 9.90. The fourth-order valence-corrected chi connectivity index (χ4v) is 4.93. The van der Waals surface area contributed by atoms with Crippen molar-refractivity contribution in [1.82, 2.24) is 10.2 Å². The van der Waals surface area contributed by atoms with Crippen molar-refractivity contribution < 1.29 is 9.53 Å². The largest absolute Gasteiger partial charge is 0.460 e. The lowest BCUT2D eigenvalue weighted by molar-refractivity contribution is -0.148. The van der Waals surface area contributed by atoms with Gasteiger partial charge >= 0.3 is 5.97 Å². The quantitative estimate of drug-likeness (QED) is 0.642. The van der Waals surface area contributed by atoms with Crippen molar-refractivity contribution in [3.8, 4) is 0 Å². The van der Waals surface area contributed by atoms with Crippen molar-refractivity contribution in [2.24, 2.45) is 0 Å². The van der Waals surface area contributed by atoms with Gasteiger partial charge < -0.3 is 10.1 Å². The maximum absolute atomic E-state index is 12.5. The molecular weight excluding hydrogens is 368 g/mol. The molecule has 0 amide bonds. The molecule has 0 bridgehead atoms. The second kappa shape index (κ2) is 8.86. The van der Waals surface area contributed by atoms with Crippen LogP contribution in [0.4, 0.5) is 0 Å². The van der Waals surface area contributed by atoms with E-state index in [9.17, 15) is 4.79 Å². The van der Waals surface area contributed by atoms with Crippen LogP contribution in [-0.2, 0) is 29.1 Å². The van der Waals surface area contributed by atoms with E-state index >= 15 is 0 Å². The molecule has 2 aromatic carbocycles. The normalized spacial score (nSPS) is 17.7. The van der Waals surface area contributed by atoms with Crippen molar-refractivity contribution >= 4 is 27.4 Å². The van der Waals surface area contributed by atoms with E-state index in [2.05, 4.69) is 41.4 Å². The van der Waals surface area contributed by atoms with E-state index in [0.29, 0.717) is 13.2 Å². The standard InChI is InChI=1S/C23H26N2O2S/c1-2-21-19(18-10-6-7-11-22(18)28-21)14-25-13-12-24-20(15-25)23(26)27-16-17-8-4-3-5-9-17/h3-11,20,24H,2,12-16H2,1H3. The number of esters is 1. The summed E-state index contributed by atoms with van der Waals surface area (Å²) in [5, 5.41) is 4.67. The second-order valence-corrected chi connectivity index (χ2v) is 8.33. The zero-order valence-electron chi connectivity index (χ0n) is 16.2. The fraction of sp³-hybridized carbons (Fsp3) is 0.348. The fourth-order valence-electron chi connectivity index (χ4n) is 3.77. The molecule has 1 aromatic heterocycles. The molecule has 1 fully saturated rings. The Morgan fingerprint density at radius 2 is 1.96 bits per heavy atom. The number of ether oxygens (including phenoxy) is 1. The van der Waals surface area contributed by atoms with Crippen LogP contribution in [0, 0.1) is 0 Å². The molecule has 1 N–H and O–H groups in total. The summed E-state index contributed by atoms with van der Waals surface area (Å²) in [6.45, 7) is 5.85. The molecule has 1 unspecified atom stereocenters. The topological polar surface area (TPSA) is 41.6 Å². The van der Waals surface area contributed by atoms with Gasteiger partial charge in [-0.1, -0.05) is 55.5 Å². The van der Waals surface area contributed by atoms with Crippen LogP contribution < -0.4 is 5.32 Å². The number of nitrogens with one attached hydrogen (secondary N) is 1. The summed E-state index contributed by atoms with van der Waals surface area (Å²) >= 11 is 1.89. The lowest BCUT2D eigenvalue weighted by Crippen LogP contribution is -2.54. The van der Waals surface area contributed by atoms with Gasteiger partial charge in [-0.3, -0.25) is 9.69 Å². The van der Waals surface area contributed by atoms with Crippen LogP contribution in [0.5, 0.6) is 0 Å². The molecule has 1 atom stereocenters. The van der Waals surface area contributed by atoms with Gasteiger partial charge in [0.2, 0.25) is 0 Å². The highest BCUT2D eigenvalue weighted by Crippen LogP contribution is 2.32. The number of piperazine rings is 1. The number of carbonyl (C=O) groups is 1. The summed E-state index contributed by atoms with van der Waals surface area (Å²) in [4.78, 5) is 16.4. The number of hydrogen-bond acceptors (Lipinski definition) is 5. The second-order valence-electron chi connectivity index (χ2n) is 7.19. The zero-order chi connectivity index (χ0) is 19.3. The van der Waals surface area contributed by atoms with Gasteiger partial charge in [-0.15, -0.1) is 11.3 Å². The molecule has 4 nitrogen and oxygen atoms in total. The molecule has 1 aliphatic heterocycles. The minimum Gasteiger partial charge on any atom is -0.460 e. The van der Waals surface area contributed by atoms with Crippen LogP contribution in [0.2, 0.25) is 0 Å². The lowest BCUT2D eigenvalue weighted by Gasteiger charge is -2.32. The molecule has 4 rings (SSSR count). The third-order valence-corrected chi connectivity index (χ3v) is 6.61. The van der Waals surface area contributed by atoms with Gasteiger partial charge in [0.25, 0.3) is 0 Å². The zero-order valence-corrected chi connectivity index (χ0v) is 17.0. The van der Waals surface area contributed by atoms with Gasteiger partial charge in [0, 0.05) is 35.8 Å². The molecule has 0 spiro atoms. The molecule has 0 radical (unpaired) electrons. The summed E-state index contributed by atoms with van der Waals surface area (Å²) in [6.07, 6.45) is 1.04. The Hall–Kier alpha value is -2.21. The summed E-state index contributed by atoms with van der Waals surface area (Å²) in [5.41, 5.74) is 2.43. The molecule has 146 valence electrons. The minimum atomic E-state index is -0.271. The number of fused-ring (bicyclic) bond motifs is 1. The predicted octanol–water partition coefficient (Wildman–Crippen LogP) is 3.98. The van der Waals surface area contributed by atoms with E-state index in [1.807, 2.05) is 41.7 Å². The molecule has 2 heterocycles. The van der Waals surface area contributed by atoms with E-state index in [0.717, 1.165) is 31.6 Å². The van der Waals surface area contributed by atoms with Crippen molar-refractivity contribution in [3.05, 3.63) is 70.6 Å². The minimum absolute atomic E-state index is 0.167. The Balaban J connectivity index is 1.41. The number of thiophene rings is 1. The van der Waals surface area contributed by atoms with Gasteiger partial charge in [-0.05, 0) is 29.0 Å². The van der Waals surface area contributed by atoms with E-state index in [1.54, 1.807) is 0 Å². The molecule has 5 heteroatoms. The Labute approximate surface area is 170 Å². The van der Waals surface area contributed by atoms with E-state index in [-0.39, 0.29) is 12.0 Å². The number of benzene rings is 2.